The summed E-state index contributed by atoms with van der Waals surface area (Å²) in [7, 11) is 1.64. The summed E-state index contributed by atoms with van der Waals surface area (Å²) in [5, 5.41) is 13.4. The number of nitrogens with one attached hydrogen (secondary N) is 1. The van der Waals surface area contributed by atoms with Crippen LogP contribution in [0.1, 0.15) is 11.8 Å². The van der Waals surface area contributed by atoms with Crippen molar-refractivity contribution in [3.8, 4) is 22.6 Å². The van der Waals surface area contributed by atoms with E-state index in [4.69, 9.17) is 9.47 Å². The zero-order chi connectivity index (χ0) is 18.6. The fourth-order valence-electron chi connectivity index (χ4n) is 3.07. The van der Waals surface area contributed by atoms with Gasteiger partial charge in [-0.25, -0.2) is 4.99 Å². The molecule has 0 fully saturated rings. The lowest BCUT2D eigenvalue weighted by molar-refractivity contribution is 0.146. The van der Waals surface area contributed by atoms with E-state index in [9.17, 15) is 5.11 Å². The smallest absolute Gasteiger partial charge is 0.155 e. The molecular weight excluding hydrogens is 344 g/mol. The normalized spacial score (nSPS) is 15.3. The van der Waals surface area contributed by atoms with Gasteiger partial charge in [0.25, 0.3) is 0 Å². The van der Waals surface area contributed by atoms with E-state index in [0.717, 1.165) is 28.1 Å². The number of hydrogen-bond acceptors (Lipinski definition) is 6. The van der Waals surface area contributed by atoms with E-state index in [2.05, 4.69) is 15.3 Å². The molecule has 2 aromatic heterocycles. The minimum atomic E-state index is -0.826. The van der Waals surface area contributed by atoms with Gasteiger partial charge in [0.2, 0.25) is 0 Å². The third-order valence-corrected chi connectivity index (χ3v) is 4.37. The van der Waals surface area contributed by atoms with Gasteiger partial charge < -0.3 is 24.5 Å². The fourth-order valence-corrected chi connectivity index (χ4v) is 3.07. The Morgan fingerprint density at radius 2 is 1.89 bits per heavy atom. The predicted molar refractivity (Wildman–Crippen MR) is 103 cm³/mol. The van der Waals surface area contributed by atoms with E-state index in [0.29, 0.717) is 19.0 Å². The summed E-state index contributed by atoms with van der Waals surface area (Å²) >= 11 is 0. The number of fused-ring (bicyclic) bond motifs is 1. The molecule has 0 bridgehead atoms. The number of nitrogens with zero attached hydrogens (tertiary/aromatic N) is 3. The maximum Gasteiger partial charge on any atom is 0.155 e. The summed E-state index contributed by atoms with van der Waals surface area (Å²) in [6.07, 6.45) is 6.13. The fraction of sp³-hybridized carbons (Fsp3) is 0.200. The molecule has 2 N–H and O–H groups in total. The number of ether oxygens (including phenoxy) is 2. The molecule has 0 saturated heterocycles. The number of methoxy groups -OCH3 is 1. The van der Waals surface area contributed by atoms with Crippen molar-refractivity contribution >= 4 is 12.2 Å². The Morgan fingerprint density at radius 1 is 1.11 bits per heavy atom. The van der Waals surface area contributed by atoms with Crippen LogP contribution in [0.3, 0.4) is 0 Å². The first kappa shape index (κ1) is 17.3. The van der Waals surface area contributed by atoms with Gasteiger partial charge in [-0.05, 0) is 29.8 Å². The molecule has 0 radical (unpaired) electrons. The summed E-state index contributed by atoms with van der Waals surface area (Å²) in [5.41, 5.74) is 3.54. The van der Waals surface area contributed by atoms with Gasteiger partial charge in [-0.2, -0.15) is 0 Å². The minimum Gasteiger partial charge on any atom is -0.491 e. The topological polar surface area (TPSA) is 80.9 Å². The van der Waals surface area contributed by atoms with Crippen LogP contribution < -0.4 is 10.1 Å². The van der Waals surface area contributed by atoms with E-state index in [-0.39, 0.29) is 0 Å². The van der Waals surface area contributed by atoms with Crippen LogP contribution in [0.4, 0.5) is 5.82 Å². The van der Waals surface area contributed by atoms with Gasteiger partial charge in [0.15, 0.2) is 6.23 Å². The Kier molecular flexibility index (Phi) is 4.86. The van der Waals surface area contributed by atoms with Gasteiger partial charge >= 0.3 is 0 Å². The number of aromatic nitrogens is 2. The first-order valence-corrected chi connectivity index (χ1v) is 8.62. The van der Waals surface area contributed by atoms with Crippen molar-refractivity contribution in [1.82, 2.24) is 14.9 Å². The van der Waals surface area contributed by atoms with Gasteiger partial charge in [0.05, 0.1) is 24.2 Å². The van der Waals surface area contributed by atoms with Crippen molar-refractivity contribution in [3.05, 3.63) is 60.6 Å². The lowest BCUT2D eigenvalue weighted by Crippen LogP contribution is -2.22. The second-order valence-corrected chi connectivity index (χ2v) is 6.05. The number of aliphatic hydroxyl groups excluding tert-OH is 1. The Hall–Kier alpha value is -3.16. The number of aliphatic hydroxyl groups is 1. The second kappa shape index (κ2) is 7.61. The van der Waals surface area contributed by atoms with Crippen LogP contribution in [0.15, 0.2) is 60.0 Å². The highest BCUT2D eigenvalue weighted by atomic mass is 16.5. The Bertz CT molecular complexity index is 936. The van der Waals surface area contributed by atoms with Crippen molar-refractivity contribution < 1.29 is 14.6 Å². The van der Waals surface area contributed by atoms with E-state index >= 15 is 0 Å². The highest BCUT2D eigenvalue weighted by Crippen LogP contribution is 2.40. The number of hydrogen-bond donors (Lipinski definition) is 2. The molecule has 1 aliphatic heterocycles. The first-order valence-electron chi connectivity index (χ1n) is 8.62. The molecular formula is C20H20N4O3. The largest absolute Gasteiger partial charge is 0.491 e. The van der Waals surface area contributed by atoms with Gasteiger partial charge in [0, 0.05) is 31.3 Å². The molecule has 0 saturated carbocycles. The first-order chi connectivity index (χ1) is 13.3. The molecule has 138 valence electrons. The lowest BCUT2D eigenvalue weighted by atomic mass is 10.0. The Labute approximate surface area is 156 Å². The van der Waals surface area contributed by atoms with Crippen molar-refractivity contribution in [1.29, 1.82) is 0 Å². The van der Waals surface area contributed by atoms with Crippen LogP contribution >= 0.6 is 0 Å². The van der Waals surface area contributed by atoms with Crippen LogP contribution in [0, 0.1) is 0 Å². The highest BCUT2D eigenvalue weighted by Gasteiger charge is 2.25. The van der Waals surface area contributed by atoms with Gasteiger partial charge in [0.1, 0.15) is 18.2 Å². The zero-order valence-electron chi connectivity index (χ0n) is 14.9. The molecule has 1 aliphatic rings. The van der Waals surface area contributed by atoms with Crippen molar-refractivity contribution in [2.24, 2.45) is 4.99 Å². The summed E-state index contributed by atoms with van der Waals surface area (Å²) in [6, 6.07) is 11.6. The second-order valence-electron chi connectivity index (χ2n) is 6.05. The maximum atomic E-state index is 10.5. The highest BCUT2D eigenvalue weighted by molar-refractivity contribution is 5.79. The van der Waals surface area contributed by atoms with Gasteiger partial charge in [-0.15, -0.1) is 0 Å². The number of pyridine rings is 1. The SMILES string of the molecule is COCCOc1ccc(-c2cn(-c3ccncc3)c3c2C(O)NC=N3)cc1. The maximum absolute atomic E-state index is 10.5. The molecule has 0 aliphatic carbocycles. The van der Waals surface area contributed by atoms with Crippen LogP contribution in [-0.4, -0.2) is 41.3 Å². The summed E-state index contributed by atoms with van der Waals surface area (Å²) in [4.78, 5) is 8.51. The van der Waals surface area contributed by atoms with Crippen LogP contribution in [-0.2, 0) is 4.74 Å². The van der Waals surface area contributed by atoms with E-state index in [1.807, 2.05) is 47.2 Å². The molecule has 3 heterocycles. The van der Waals surface area contributed by atoms with Crippen molar-refractivity contribution in [2.45, 2.75) is 6.23 Å². The van der Waals surface area contributed by atoms with Crippen LogP contribution in [0.5, 0.6) is 5.75 Å². The molecule has 4 rings (SSSR count). The van der Waals surface area contributed by atoms with Gasteiger partial charge in [-0.1, -0.05) is 12.1 Å². The minimum absolute atomic E-state index is 0.501. The van der Waals surface area contributed by atoms with Crippen LogP contribution in [0.25, 0.3) is 16.8 Å². The number of rotatable bonds is 6. The average molecular weight is 364 g/mol. The van der Waals surface area contributed by atoms with E-state index < -0.39 is 6.23 Å². The number of benzene rings is 1. The molecule has 3 aromatic rings. The molecule has 1 aromatic carbocycles. The quantitative estimate of drug-likeness (QED) is 0.658. The summed E-state index contributed by atoms with van der Waals surface area (Å²) < 4.78 is 12.6. The van der Waals surface area contributed by atoms with Crippen LogP contribution in [0.2, 0.25) is 0 Å². The molecule has 0 amide bonds. The average Bonchev–Trinajstić information content (AvgIpc) is 3.10. The third kappa shape index (κ3) is 3.42. The summed E-state index contributed by atoms with van der Waals surface area (Å²) in [6.45, 7) is 1.04. The monoisotopic (exact) mass is 364 g/mol. The van der Waals surface area contributed by atoms with E-state index in [1.54, 1.807) is 19.5 Å². The third-order valence-electron chi connectivity index (χ3n) is 4.37. The van der Waals surface area contributed by atoms with Crippen molar-refractivity contribution in [3.63, 3.8) is 0 Å². The Morgan fingerprint density at radius 3 is 2.63 bits per heavy atom. The van der Waals surface area contributed by atoms with Crippen molar-refractivity contribution in [2.75, 3.05) is 20.3 Å². The molecule has 7 heteroatoms. The molecule has 7 nitrogen and oxygen atoms in total. The standard InChI is InChI=1S/C20H20N4O3/c1-26-10-11-27-16-4-2-14(3-5-16)17-12-24(15-6-8-21-9-7-15)19-18(17)20(25)23-13-22-19/h2-9,12-13,20,25H,10-11H2,1H3,(H,22,23). The molecule has 0 spiro atoms. The number of aliphatic imine (C=N–C) groups is 1. The van der Waals surface area contributed by atoms with Gasteiger partial charge in [-0.3, -0.25) is 4.98 Å². The Balaban J connectivity index is 1.73. The molecule has 1 atom stereocenters. The molecule has 1 unspecified atom stereocenters. The lowest BCUT2D eigenvalue weighted by Gasteiger charge is -2.17. The zero-order valence-corrected chi connectivity index (χ0v) is 14.9. The predicted octanol–water partition coefficient (Wildman–Crippen LogP) is 2.82. The van der Waals surface area contributed by atoms with E-state index in [1.165, 1.54) is 6.34 Å². The molecule has 27 heavy (non-hydrogen) atoms. The summed E-state index contributed by atoms with van der Waals surface area (Å²) in [5.74, 6) is 1.47.